The van der Waals surface area contributed by atoms with Crippen LogP contribution in [0.3, 0.4) is 0 Å². The van der Waals surface area contributed by atoms with Crippen LogP contribution in [0.2, 0.25) is 0 Å². The molecule has 2 unspecified atom stereocenters. The van der Waals surface area contributed by atoms with E-state index >= 15 is 0 Å². The molecule has 1 saturated heterocycles. The SMILES string of the molecule is CC1CC(Nc2ccc(S(N)(=O)=O)cc2N)CCN1C. The lowest BCUT2D eigenvalue weighted by Crippen LogP contribution is -2.42. The first-order valence-corrected chi connectivity index (χ1v) is 8.21. The fraction of sp³-hybridized carbons (Fsp3) is 0.538. The van der Waals surface area contributed by atoms with E-state index in [1.165, 1.54) is 12.1 Å². The van der Waals surface area contributed by atoms with E-state index < -0.39 is 10.0 Å². The zero-order chi connectivity index (χ0) is 14.9. The summed E-state index contributed by atoms with van der Waals surface area (Å²) in [5.41, 5.74) is 7.07. The Morgan fingerprint density at radius 2 is 2.10 bits per heavy atom. The maximum atomic E-state index is 11.3. The molecule has 1 aliphatic rings. The lowest BCUT2D eigenvalue weighted by molar-refractivity contribution is 0.190. The van der Waals surface area contributed by atoms with Crippen molar-refractivity contribution in [1.82, 2.24) is 4.90 Å². The van der Waals surface area contributed by atoms with Gasteiger partial charge in [-0.3, -0.25) is 0 Å². The average molecular weight is 298 g/mol. The summed E-state index contributed by atoms with van der Waals surface area (Å²) in [7, 11) is -1.58. The second-order valence-corrected chi connectivity index (χ2v) is 7.05. The summed E-state index contributed by atoms with van der Waals surface area (Å²) >= 11 is 0. The predicted octanol–water partition coefficient (Wildman–Crippen LogP) is 0.811. The van der Waals surface area contributed by atoms with E-state index in [0.29, 0.717) is 17.8 Å². The fourth-order valence-corrected chi connectivity index (χ4v) is 3.04. The minimum absolute atomic E-state index is 0.0392. The monoisotopic (exact) mass is 298 g/mol. The number of benzene rings is 1. The molecule has 1 aromatic carbocycles. The van der Waals surface area contributed by atoms with E-state index in [2.05, 4.69) is 24.2 Å². The van der Waals surface area contributed by atoms with Crippen molar-refractivity contribution >= 4 is 21.4 Å². The van der Waals surface area contributed by atoms with Crippen molar-refractivity contribution < 1.29 is 8.42 Å². The highest BCUT2D eigenvalue weighted by Crippen LogP contribution is 2.26. The van der Waals surface area contributed by atoms with Gasteiger partial charge in [0, 0.05) is 18.6 Å². The molecule has 112 valence electrons. The first kappa shape index (κ1) is 15.1. The summed E-state index contributed by atoms with van der Waals surface area (Å²) in [6.45, 7) is 3.23. The Morgan fingerprint density at radius 3 is 2.65 bits per heavy atom. The maximum Gasteiger partial charge on any atom is 0.238 e. The fourth-order valence-electron chi connectivity index (χ4n) is 2.49. The van der Waals surface area contributed by atoms with Crippen LogP contribution in [0.5, 0.6) is 0 Å². The number of nitrogens with one attached hydrogen (secondary N) is 1. The van der Waals surface area contributed by atoms with Crippen LogP contribution in [0.25, 0.3) is 0 Å². The molecule has 1 aromatic rings. The second kappa shape index (κ2) is 5.59. The molecule has 6 nitrogen and oxygen atoms in total. The Kier molecular flexibility index (Phi) is 4.22. The van der Waals surface area contributed by atoms with Crippen LogP contribution in [0, 0.1) is 0 Å². The molecule has 0 saturated carbocycles. The van der Waals surface area contributed by atoms with Crippen LogP contribution in [0.15, 0.2) is 23.1 Å². The summed E-state index contributed by atoms with van der Waals surface area (Å²) < 4.78 is 22.5. The third-order valence-electron chi connectivity index (χ3n) is 3.92. The number of sulfonamides is 1. The molecule has 2 atom stereocenters. The molecule has 1 aliphatic heterocycles. The molecule has 0 bridgehead atoms. The lowest BCUT2D eigenvalue weighted by atomic mass is 9.98. The lowest BCUT2D eigenvalue weighted by Gasteiger charge is -2.36. The molecule has 20 heavy (non-hydrogen) atoms. The van der Waals surface area contributed by atoms with Gasteiger partial charge in [0.15, 0.2) is 0 Å². The number of rotatable bonds is 3. The van der Waals surface area contributed by atoms with E-state index in [9.17, 15) is 8.42 Å². The van der Waals surface area contributed by atoms with Crippen molar-refractivity contribution in [2.75, 3.05) is 24.6 Å². The summed E-state index contributed by atoms with van der Waals surface area (Å²) in [4.78, 5) is 2.36. The number of likely N-dealkylation sites (tertiary alicyclic amines) is 1. The van der Waals surface area contributed by atoms with Crippen LogP contribution < -0.4 is 16.2 Å². The van der Waals surface area contributed by atoms with E-state index in [0.717, 1.165) is 25.1 Å². The van der Waals surface area contributed by atoms with Crippen molar-refractivity contribution in [2.45, 2.75) is 36.7 Å². The van der Waals surface area contributed by atoms with Gasteiger partial charge in [-0.15, -0.1) is 0 Å². The van der Waals surface area contributed by atoms with Crippen molar-refractivity contribution in [1.29, 1.82) is 0 Å². The van der Waals surface area contributed by atoms with Crippen molar-refractivity contribution in [2.24, 2.45) is 5.14 Å². The molecule has 0 spiro atoms. The van der Waals surface area contributed by atoms with Crippen molar-refractivity contribution in [3.63, 3.8) is 0 Å². The second-order valence-electron chi connectivity index (χ2n) is 5.49. The van der Waals surface area contributed by atoms with Crippen LogP contribution in [-0.4, -0.2) is 39.0 Å². The number of hydrogen-bond acceptors (Lipinski definition) is 5. The highest BCUT2D eigenvalue weighted by molar-refractivity contribution is 7.89. The van der Waals surface area contributed by atoms with Gasteiger partial charge in [-0.05, 0) is 45.0 Å². The zero-order valence-corrected chi connectivity index (χ0v) is 12.7. The third-order valence-corrected chi connectivity index (χ3v) is 4.83. The molecule has 0 aromatic heterocycles. The van der Waals surface area contributed by atoms with Gasteiger partial charge in [0.05, 0.1) is 16.3 Å². The first-order chi connectivity index (χ1) is 9.27. The highest BCUT2D eigenvalue weighted by Gasteiger charge is 2.23. The van der Waals surface area contributed by atoms with Crippen molar-refractivity contribution in [3.8, 4) is 0 Å². The Morgan fingerprint density at radius 1 is 1.40 bits per heavy atom. The van der Waals surface area contributed by atoms with Crippen LogP contribution in [-0.2, 0) is 10.0 Å². The van der Waals surface area contributed by atoms with Crippen LogP contribution in [0.1, 0.15) is 19.8 Å². The van der Waals surface area contributed by atoms with Gasteiger partial charge < -0.3 is 16.0 Å². The molecule has 1 fully saturated rings. The number of primary sulfonamides is 1. The Balaban J connectivity index is 2.11. The van der Waals surface area contributed by atoms with E-state index in [-0.39, 0.29) is 4.90 Å². The first-order valence-electron chi connectivity index (χ1n) is 6.66. The van der Waals surface area contributed by atoms with Crippen molar-refractivity contribution in [3.05, 3.63) is 18.2 Å². The van der Waals surface area contributed by atoms with Gasteiger partial charge in [0.25, 0.3) is 0 Å². The Hall–Kier alpha value is -1.31. The standard InChI is InChI=1S/C13H22N4O2S/c1-9-7-10(5-6-17(9)2)16-13-4-3-11(8-12(13)14)20(15,18)19/h3-4,8-10,16H,5-7,14H2,1-2H3,(H2,15,18,19). The van der Waals surface area contributed by atoms with Gasteiger partial charge in [-0.25, -0.2) is 13.6 Å². The molecule has 7 heteroatoms. The molecule has 5 N–H and O–H groups in total. The number of anilines is 2. The molecular weight excluding hydrogens is 276 g/mol. The zero-order valence-electron chi connectivity index (χ0n) is 11.8. The highest BCUT2D eigenvalue weighted by atomic mass is 32.2. The van der Waals surface area contributed by atoms with Gasteiger partial charge in [-0.2, -0.15) is 0 Å². The number of nitrogens with two attached hydrogens (primary N) is 2. The van der Waals surface area contributed by atoms with Gasteiger partial charge >= 0.3 is 0 Å². The number of nitrogens with zero attached hydrogens (tertiary/aromatic N) is 1. The van der Waals surface area contributed by atoms with E-state index in [1.54, 1.807) is 6.07 Å². The largest absolute Gasteiger partial charge is 0.397 e. The summed E-state index contributed by atoms with van der Waals surface area (Å²) in [5.74, 6) is 0. The summed E-state index contributed by atoms with van der Waals surface area (Å²) in [6.07, 6.45) is 2.07. The summed E-state index contributed by atoms with van der Waals surface area (Å²) in [5, 5.41) is 8.48. The molecule has 0 amide bonds. The Bertz CT molecular complexity index is 588. The van der Waals surface area contributed by atoms with E-state index in [1.807, 2.05) is 0 Å². The van der Waals surface area contributed by atoms with Gasteiger partial charge in [0.1, 0.15) is 0 Å². The van der Waals surface area contributed by atoms with Crippen LogP contribution in [0.4, 0.5) is 11.4 Å². The smallest absolute Gasteiger partial charge is 0.238 e. The molecule has 0 radical (unpaired) electrons. The maximum absolute atomic E-state index is 11.3. The molecule has 1 heterocycles. The number of hydrogen-bond donors (Lipinski definition) is 3. The number of nitrogen functional groups attached to an aromatic ring is 1. The third kappa shape index (κ3) is 3.41. The van der Waals surface area contributed by atoms with E-state index in [4.69, 9.17) is 10.9 Å². The molecular formula is C13H22N4O2S. The minimum Gasteiger partial charge on any atom is -0.397 e. The topological polar surface area (TPSA) is 101 Å². The Labute approximate surface area is 120 Å². The number of piperidine rings is 1. The molecule has 2 rings (SSSR count). The predicted molar refractivity (Wildman–Crippen MR) is 81.0 cm³/mol. The van der Waals surface area contributed by atoms with Gasteiger partial charge in [-0.1, -0.05) is 0 Å². The van der Waals surface area contributed by atoms with Crippen LogP contribution >= 0.6 is 0 Å². The normalized spacial score (nSPS) is 24.6. The average Bonchev–Trinajstić information content (AvgIpc) is 2.35. The quantitative estimate of drug-likeness (QED) is 0.717. The molecule has 0 aliphatic carbocycles. The minimum atomic E-state index is -3.71. The van der Waals surface area contributed by atoms with Gasteiger partial charge in [0.2, 0.25) is 10.0 Å². The summed E-state index contributed by atoms with van der Waals surface area (Å²) in [6, 6.07) is 5.43.